The first-order valence-corrected chi connectivity index (χ1v) is 4.67. The van der Waals surface area contributed by atoms with Crippen molar-refractivity contribution in [2.24, 2.45) is 0 Å². The van der Waals surface area contributed by atoms with Crippen LogP contribution in [0.5, 0.6) is 0 Å². The van der Waals surface area contributed by atoms with Gasteiger partial charge in [-0.3, -0.25) is 4.79 Å². The molecule has 70 valence electrons. The van der Waals surface area contributed by atoms with Crippen LogP contribution in [0.25, 0.3) is 0 Å². The summed E-state index contributed by atoms with van der Waals surface area (Å²) in [7, 11) is 1.83. The molecule has 0 bridgehead atoms. The molecule has 1 saturated carbocycles. The second kappa shape index (κ2) is 3.07. The molecule has 1 aliphatic rings. The second-order valence-corrected chi connectivity index (χ2v) is 3.82. The van der Waals surface area contributed by atoms with Crippen molar-refractivity contribution in [2.75, 3.05) is 7.05 Å². The van der Waals surface area contributed by atoms with Crippen molar-refractivity contribution in [3.8, 4) is 0 Å². The number of aromatic nitrogens is 1. The van der Waals surface area contributed by atoms with Gasteiger partial charge < -0.3 is 9.88 Å². The Labute approximate surface area is 81.7 Å². The summed E-state index contributed by atoms with van der Waals surface area (Å²) >= 11 is 5.70. The highest BCUT2D eigenvalue weighted by molar-refractivity contribution is 6.30. The van der Waals surface area contributed by atoms with E-state index in [9.17, 15) is 4.79 Å². The van der Waals surface area contributed by atoms with Gasteiger partial charge in [-0.1, -0.05) is 11.6 Å². The van der Waals surface area contributed by atoms with E-state index in [2.05, 4.69) is 4.98 Å². The minimum absolute atomic E-state index is 0.0226. The van der Waals surface area contributed by atoms with Gasteiger partial charge in [0.15, 0.2) is 0 Å². The molecule has 1 aromatic rings. The van der Waals surface area contributed by atoms with Crippen molar-refractivity contribution in [2.45, 2.75) is 18.9 Å². The maximum Gasteiger partial charge on any atom is 0.270 e. The zero-order valence-corrected chi connectivity index (χ0v) is 8.14. The summed E-state index contributed by atoms with van der Waals surface area (Å²) in [5, 5.41) is 0.576. The monoisotopic (exact) mass is 198 g/mol. The van der Waals surface area contributed by atoms with Crippen molar-refractivity contribution in [1.82, 2.24) is 9.88 Å². The summed E-state index contributed by atoms with van der Waals surface area (Å²) in [6.07, 6.45) is 3.86. The molecular formula is C9H11ClN2O. The number of hydrogen-bond donors (Lipinski definition) is 1. The van der Waals surface area contributed by atoms with Gasteiger partial charge in [0.05, 0.1) is 5.02 Å². The van der Waals surface area contributed by atoms with Crippen LogP contribution in [0.4, 0.5) is 0 Å². The maximum absolute atomic E-state index is 11.7. The molecule has 0 spiro atoms. The van der Waals surface area contributed by atoms with Gasteiger partial charge in [0.1, 0.15) is 5.69 Å². The highest BCUT2D eigenvalue weighted by atomic mass is 35.5. The average molecular weight is 199 g/mol. The van der Waals surface area contributed by atoms with E-state index in [1.54, 1.807) is 17.2 Å². The molecular weight excluding hydrogens is 188 g/mol. The average Bonchev–Trinajstić information content (AvgIpc) is 2.87. The Kier molecular flexibility index (Phi) is 2.04. The molecule has 0 aliphatic heterocycles. The highest BCUT2D eigenvalue weighted by Crippen LogP contribution is 2.26. The van der Waals surface area contributed by atoms with E-state index in [-0.39, 0.29) is 5.91 Å². The van der Waals surface area contributed by atoms with Crippen molar-refractivity contribution in [1.29, 1.82) is 0 Å². The van der Waals surface area contributed by atoms with E-state index >= 15 is 0 Å². The van der Waals surface area contributed by atoms with Gasteiger partial charge in [0.2, 0.25) is 0 Å². The fraction of sp³-hybridized carbons (Fsp3) is 0.444. The van der Waals surface area contributed by atoms with Gasteiger partial charge >= 0.3 is 0 Å². The number of carbonyl (C=O) groups excluding carboxylic acids is 1. The molecule has 4 heteroatoms. The molecule has 1 aliphatic carbocycles. The first-order chi connectivity index (χ1) is 6.18. The summed E-state index contributed by atoms with van der Waals surface area (Å²) in [4.78, 5) is 16.3. The Morgan fingerprint density at radius 1 is 1.69 bits per heavy atom. The minimum Gasteiger partial charge on any atom is -0.356 e. The molecule has 3 nitrogen and oxygen atoms in total. The van der Waals surface area contributed by atoms with E-state index in [0.717, 1.165) is 12.8 Å². The first-order valence-electron chi connectivity index (χ1n) is 4.29. The molecule has 0 aromatic carbocycles. The van der Waals surface area contributed by atoms with Gasteiger partial charge in [0, 0.05) is 19.3 Å². The SMILES string of the molecule is CN(C(=O)c1cc(Cl)c[nH]1)C1CC1. The zero-order chi connectivity index (χ0) is 9.42. The fourth-order valence-electron chi connectivity index (χ4n) is 1.31. The summed E-state index contributed by atoms with van der Waals surface area (Å²) < 4.78 is 0. The smallest absolute Gasteiger partial charge is 0.270 e. The quantitative estimate of drug-likeness (QED) is 0.774. The molecule has 13 heavy (non-hydrogen) atoms. The number of nitrogens with zero attached hydrogens (tertiary/aromatic N) is 1. The van der Waals surface area contributed by atoms with Crippen molar-refractivity contribution < 1.29 is 4.79 Å². The number of hydrogen-bond acceptors (Lipinski definition) is 1. The van der Waals surface area contributed by atoms with Crippen LogP contribution in [0.2, 0.25) is 5.02 Å². The lowest BCUT2D eigenvalue weighted by atomic mass is 10.3. The third-order valence-electron chi connectivity index (χ3n) is 2.29. The normalized spacial score (nSPS) is 15.8. The molecule has 1 amide bonds. The molecule has 2 rings (SSSR count). The standard InChI is InChI=1S/C9H11ClN2O/c1-12(7-2-3-7)9(13)8-4-6(10)5-11-8/h4-5,7,11H,2-3H2,1H3. The van der Waals surface area contributed by atoms with Crippen molar-refractivity contribution in [3.05, 3.63) is 23.0 Å². The fourth-order valence-corrected chi connectivity index (χ4v) is 1.47. The molecule has 1 N–H and O–H groups in total. The number of amides is 1. The van der Waals surface area contributed by atoms with E-state index < -0.39 is 0 Å². The van der Waals surface area contributed by atoms with Gasteiger partial charge in [-0.2, -0.15) is 0 Å². The van der Waals surface area contributed by atoms with Crippen LogP contribution in [-0.2, 0) is 0 Å². The van der Waals surface area contributed by atoms with Crippen LogP contribution >= 0.6 is 11.6 Å². The Bertz CT molecular complexity index is 330. The van der Waals surface area contributed by atoms with Crippen LogP contribution < -0.4 is 0 Å². The Hall–Kier alpha value is -0.960. The summed E-state index contributed by atoms with van der Waals surface area (Å²) in [6, 6.07) is 2.09. The number of nitrogens with one attached hydrogen (secondary N) is 1. The van der Waals surface area contributed by atoms with Crippen molar-refractivity contribution >= 4 is 17.5 Å². The lowest BCUT2D eigenvalue weighted by molar-refractivity contribution is 0.0780. The first kappa shape index (κ1) is 8.63. The topological polar surface area (TPSA) is 36.1 Å². The van der Waals surface area contributed by atoms with Crippen LogP contribution in [0.1, 0.15) is 23.3 Å². The molecule has 1 aromatic heterocycles. The number of halogens is 1. The number of aromatic amines is 1. The zero-order valence-electron chi connectivity index (χ0n) is 7.38. The number of H-pyrrole nitrogens is 1. The van der Waals surface area contributed by atoms with Crippen LogP contribution in [0.3, 0.4) is 0 Å². The number of rotatable bonds is 2. The highest BCUT2D eigenvalue weighted by Gasteiger charge is 2.30. The Morgan fingerprint density at radius 3 is 2.85 bits per heavy atom. The molecule has 1 heterocycles. The van der Waals surface area contributed by atoms with Gasteiger partial charge in [-0.15, -0.1) is 0 Å². The van der Waals surface area contributed by atoms with Crippen LogP contribution in [0, 0.1) is 0 Å². The summed E-state index contributed by atoms with van der Waals surface area (Å²) in [5.41, 5.74) is 0.569. The molecule has 0 atom stereocenters. The Morgan fingerprint density at radius 2 is 2.38 bits per heavy atom. The number of carbonyl (C=O) groups is 1. The van der Waals surface area contributed by atoms with Crippen molar-refractivity contribution in [3.63, 3.8) is 0 Å². The third-order valence-corrected chi connectivity index (χ3v) is 2.51. The predicted molar refractivity (Wildman–Crippen MR) is 50.9 cm³/mol. The molecule has 0 unspecified atom stereocenters. The molecule has 1 fully saturated rings. The van der Waals surface area contributed by atoms with Gasteiger partial charge in [-0.25, -0.2) is 0 Å². The van der Waals surface area contributed by atoms with E-state index in [0.29, 0.717) is 16.8 Å². The van der Waals surface area contributed by atoms with E-state index in [1.807, 2.05) is 7.05 Å². The maximum atomic E-state index is 11.7. The van der Waals surface area contributed by atoms with E-state index in [4.69, 9.17) is 11.6 Å². The summed E-state index contributed by atoms with van der Waals surface area (Å²) in [5.74, 6) is 0.0226. The summed E-state index contributed by atoms with van der Waals surface area (Å²) in [6.45, 7) is 0. The second-order valence-electron chi connectivity index (χ2n) is 3.38. The van der Waals surface area contributed by atoms with Gasteiger partial charge in [-0.05, 0) is 18.9 Å². The minimum atomic E-state index is 0.0226. The molecule has 0 radical (unpaired) electrons. The van der Waals surface area contributed by atoms with Crippen LogP contribution in [0.15, 0.2) is 12.3 Å². The van der Waals surface area contributed by atoms with Crippen LogP contribution in [-0.4, -0.2) is 28.9 Å². The largest absolute Gasteiger partial charge is 0.356 e. The predicted octanol–water partition coefficient (Wildman–Crippen LogP) is 1.90. The third kappa shape index (κ3) is 1.70. The molecule has 0 saturated heterocycles. The van der Waals surface area contributed by atoms with Gasteiger partial charge in [0.25, 0.3) is 5.91 Å². The van der Waals surface area contributed by atoms with E-state index in [1.165, 1.54) is 0 Å². The lowest BCUT2D eigenvalue weighted by Crippen LogP contribution is -2.28. The lowest BCUT2D eigenvalue weighted by Gasteiger charge is -2.14. The Balaban J connectivity index is 2.11.